The smallest absolute Gasteiger partial charge is 0.243 e. The van der Waals surface area contributed by atoms with Crippen LogP contribution in [0.2, 0.25) is 0 Å². The SMILES string of the molecule is COc1ccc([C@@H]2CCCCN2S(=O)(=O)c2ccc(C)cc2)c(C)n1. The highest BCUT2D eigenvalue weighted by molar-refractivity contribution is 7.89. The number of nitrogens with zero attached hydrogens (tertiary/aromatic N) is 2. The fourth-order valence-electron chi connectivity index (χ4n) is 3.36. The zero-order valence-electron chi connectivity index (χ0n) is 14.9. The first-order chi connectivity index (χ1) is 11.9. The third kappa shape index (κ3) is 3.55. The van der Waals surface area contributed by atoms with Gasteiger partial charge in [0.2, 0.25) is 15.9 Å². The van der Waals surface area contributed by atoms with E-state index in [1.165, 1.54) is 0 Å². The molecule has 0 amide bonds. The molecular formula is C19H24N2O3S. The van der Waals surface area contributed by atoms with E-state index in [-0.39, 0.29) is 6.04 Å². The molecule has 0 N–H and O–H groups in total. The Kier molecular flexibility index (Phi) is 5.11. The molecule has 0 saturated carbocycles. The Morgan fingerprint density at radius 2 is 1.80 bits per heavy atom. The van der Waals surface area contributed by atoms with Crippen LogP contribution in [0.4, 0.5) is 0 Å². The predicted molar refractivity (Wildman–Crippen MR) is 97.2 cm³/mol. The number of hydrogen-bond donors (Lipinski definition) is 0. The monoisotopic (exact) mass is 360 g/mol. The van der Waals surface area contributed by atoms with Gasteiger partial charge < -0.3 is 4.74 Å². The van der Waals surface area contributed by atoms with Crippen LogP contribution in [0, 0.1) is 13.8 Å². The highest BCUT2D eigenvalue weighted by atomic mass is 32.2. The summed E-state index contributed by atoms with van der Waals surface area (Å²) in [6, 6.07) is 10.6. The molecule has 1 aliphatic heterocycles. The Hall–Kier alpha value is -1.92. The zero-order chi connectivity index (χ0) is 18.0. The summed E-state index contributed by atoms with van der Waals surface area (Å²) < 4.78 is 33.2. The van der Waals surface area contributed by atoms with Crippen molar-refractivity contribution in [3.8, 4) is 5.88 Å². The van der Waals surface area contributed by atoms with E-state index < -0.39 is 10.0 Å². The summed E-state index contributed by atoms with van der Waals surface area (Å²) in [6.07, 6.45) is 2.69. The first-order valence-corrected chi connectivity index (χ1v) is 9.97. The number of aryl methyl sites for hydroxylation is 2. The molecule has 0 bridgehead atoms. The molecule has 5 nitrogen and oxygen atoms in total. The van der Waals surface area contributed by atoms with Gasteiger partial charge in [0.1, 0.15) is 0 Å². The number of hydrogen-bond acceptors (Lipinski definition) is 4. The van der Waals surface area contributed by atoms with Gasteiger partial charge in [0.15, 0.2) is 0 Å². The molecule has 25 heavy (non-hydrogen) atoms. The Balaban J connectivity index is 2.00. The third-order valence-corrected chi connectivity index (χ3v) is 6.67. The standard InChI is InChI=1S/C19H24N2O3S/c1-14-7-9-16(10-8-14)25(22,23)21-13-5-4-6-18(21)17-11-12-19(24-3)20-15(17)2/h7-12,18H,4-6,13H2,1-3H3/t18-/m0/s1. The second-order valence-corrected chi connectivity index (χ2v) is 8.36. The fourth-order valence-corrected chi connectivity index (χ4v) is 5.04. The van der Waals surface area contributed by atoms with Crippen molar-refractivity contribution >= 4 is 10.0 Å². The summed E-state index contributed by atoms with van der Waals surface area (Å²) in [4.78, 5) is 4.77. The second-order valence-electron chi connectivity index (χ2n) is 6.47. The van der Waals surface area contributed by atoms with Gasteiger partial charge in [0.05, 0.1) is 18.0 Å². The van der Waals surface area contributed by atoms with Crippen molar-refractivity contribution in [2.75, 3.05) is 13.7 Å². The van der Waals surface area contributed by atoms with Gasteiger partial charge >= 0.3 is 0 Å². The average Bonchev–Trinajstić information content (AvgIpc) is 2.62. The molecule has 2 heterocycles. The van der Waals surface area contributed by atoms with Gasteiger partial charge in [-0.1, -0.05) is 30.2 Å². The highest BCUT2D eigenvalue weighted by Crippen LogP contribution is 2.36. The quantitative estimate of drug-likeness (QED) is 0.835. The number of ether oxygens (including phenoxy) is 1. The third-order valence-electron chi connectivity index (χ3n) is 4.75. The van der Waals surface area contributed by atoms with Gasteiger partial charge in [-0.15, -0.1) is 0 Å². The van der Waals surface area contributed by atoms with Gasteiger partial charge in [-0.3, -0.25) is 0 Å². The minimum Gasteiger partial charge on any atom is -0.481 e. The van der Waals surface area contributed by atoms with Crippen LogP contribution in [-0.4, -0.2) is 31.4 Å². The lowest BCUT2D eigenvalue weighted by Gasteiger charge is -2.35. The molecule has 1 fully saturated rings. The molecule has 1 aromatic carbocycles. The van der Waals surface area contributed by atoms with E-state index in [1.807, 2.05) is 32.0 Å². The Labute approximate surface area is 149 Å². The van der Waals surface area contributed by atoms with Crippen molar-refractivity contribution < 1.29 is 13.2 Å². The Morgan fingerprint density at radius 3 is 2.44 bits per heavy atom. The summed E-state index contributed by atoms with van der Waals surface area (Å²) >= 11 is 0. The van der Waals surface area contributed by atoms with Crippen LogP contribution in [0.5, 0.6) is 5.88 Å². The van der Waals surface area contributed by atoms with Crippen LogP contribution in [-0.2, 0) is 10.0 Å². The van der Waals surface area contributed by atoms with Crippen LogP contribution in [0.15, 0.2) is 41.3 Å². The van der Waals surface area contributed by atoms with E-state index in [0.717, 1.165) is 36.1 Å². The topological polar surface area (TPSA) is 59.5 Å². The highest BCUT2D eigenvalue weighted by Gasteiger charge is 2.35. The van der Waals surface area contributed by atoms with Gasteiger partial charge in [-0.25, -0.2) is 13.4 Å². The number of methoxy groups -OCH3 is 1. The van der Waals surface area contributed by atoms with Gasteiger partial charge in [0, 0.05) is 18.3 Å². The first kappa shape index (κ1) is 17.9. The maximum Gasteiger partial charge on any atom is 0.243 e. The maximum atomic E-state index is 13.2. The van der Waals surface area contributed by atoms with Crippen LogP contribution in [0.1, 0.15) is 42.1 Å². The molecule has 0 spiro atoms. The molecular weight excluding hydrogens is 336 g/mol. The van der Waals surface area contributed by atoms with Crippen LogP contribution < -0.4 is 4.74 Å². The minimum absolute atomic E-state index is 0.182. The molecule has 2 aromatic rings. The predicted octanol–water partition coefficient (Wildman–Crippen LogP) is 3.62. The van der Waals surface area contributed by atoms with Crippen molar-refractivity contribution in [3.05, 3.63) is 53.2 Å². The molecule has 6 heteroatoms. The van der Waals surface area contributed by atoms with Crippen molar-refractivity contribution in [3.63, 3.8) is 0 Å². The van der Waals surface area contributed by atoms with Gasteiger partial charge in [-0.05, 0) is 44.4 Å². The molecule has 1 aliphatic rings. The molecule has 0 aliphatic carbocycles. The normalized spacial score (nSPS) is 18.9. The molecule has 134 valence electrons. The molecule has 0 unspecified atom stereocenters. The Morgan fingerprint density at radius 1 is 1.08 bits per heavy atom. The van der Waals surface area contributed by atoms with Crippen molar-refractivity contribution in [1.29, 1.82) is 0 Å². The average molecular weight is 360 g/mol. The summed E-state index contributed by atoms with van der Waals surface area (Å²) in [5.74, 6) is 0.546. The van der Waals surface area contributed by atoms with Crippen molar-refractivity contribution in [2.45, 2.75) is 44.0 Å². The maximum absolute atomic E-state index is 13.2. The van der Waals surface area contributed by atoms with Crippen LogP contribution >= 0.6 is 0 Å². The lowest BCUT2D eigenvalue weighted by atomic mass is 9.96. The number of aromatic nitrogens is 1. The largest absolute Gasteiger partial charge is 0.481 e. The number of piperidine rings is 1. The Bertz CT molecular complexity index is 847. The fraction of sp³-hybridized carbons (Fsp3) is 0.421. The summed E-state index contributed by atoms with van der Waals surface area (Å²) in [5, 5.41) is 0. The van der Waals surface area contributed by atoms with Crippen molar-refractivity contribution in [1.82, 2.24) is 9.29 Å². The molecule has 1 atom stereocenters. The number of sulfonamides is 1. The van der Waals surface area contributed by atoms with Gasteiger partial charge in [-0.2, -0.15) is 4.31 Å². The first-order valence-electron chi connectivity index (χ1n) is 8.53. The summed E-state index contributed by atoms with van der Waals surface area (Å²) in [5.41, 5.74) is 2.82. The lowest BCUT2D eigenvalue weighted by molar-refractivity contribution is 0.254. The van der Waals surface area contributed by atoms with Gasteiger partial charge in [0.25, 0.3) is 0 Å². The second kappa shape index (κ2) is 7.14. The minimum atomic E-state index is -3.53. The number of pyridine rings is 1. The van der Waals surface area contributed by atoms with E-state index in [2.05, 4.69) is 4.98 Å². The lowest BCUT2D eigenvalue weighted by Crippen LogP contribution is -2.38. The number of rotatable bonds is 4. The molecule has 0 radical (unpaired) electrons. The summed E-state index contributed by atoms with van der Waals surface area (Å²) in [6.45, 7) is 4.39. The zero-order valence-corrected chi connectivity index (χ0v) is 15.7. The van der Waals surface area contributed by atoms with E-state index >= 15 is 0 Å². The van der Waals surface area contributed by atoms with Crippen molar-refractivity contribution in [2.24, 2.45) is 0 Å². The van der Waals surface area contributed by atoms with Crippen LogP contribution in [0.3, 0.4) is 0 Å². The van der Waals surface area contributed by atoms with Crippen LogP contribution in [0.25, 0.3) is 0 Å². The molecule has 3 rings (SSSR count). The van der Waals surface area contributed by atoms with E-state index in [0.29, 0.717) is 17.3 Å². The molecule has 1 saturated heterocycles. The van der Waals surface area contributed by atoms with E-state index in [9.17, 15) is 8.42 Å². The number of benzene rings is 1. The summed E-state index contributed by atoms with van der Waals surface area (Å²) in [7, 11) is -1.95. The van der Waals surface area contributed by atoms with E-state index in [1.54, 1.807) is 29.6 Å². The van der Waals surface area contributed by atoms with E-state index in [4.69, 9.17) is 4.74 Å². The molecule has 1 aromatic heterocycles.